The molecular weight excluding hydrogens is 700 g/mol. The molecule has 2 fully saturated rings. The predicted octanol–water partition coefficient (Wildman–Crippen LogP) is 2.42. The predicted molar refractivity (Wildman–Crippen MR) is 186 cm³/mol. The van der Waals surface area contributed by atoms with Crippen molar-refractivity contribution in [2.24, 2.45) is 5.41 Å². The highest BCUT2D eigenvalue weighted by Crippen LogP contribution is 2.59. The first-order valence-electron chi connectivity index (χ1n) is 16.8. The average molecular weight is 751 g/mol. The SMILES string of the molecule is CC1(C)O[C@@](C)(OC[C@]2(O)O[C@@](C)(Oc3c(-c4ccc(O)c(O)c4)oc4cc(O)cc(O)c4c3=O)[C@](C)(O)C(C)(C)[C@]2(C)O)[C@](C)(O)[C@@](C)(O)[C@@]1(C)O. The summed E-state index contributed by atoms with van der Waals surface area (Å²) in [6.07, 6.45) is 0. The van der Waals surface area contributed by atoms with E-state index in [1.165, 1.54) is 61.5 Å². The fourth-order valence-electron chi connectivity index (χ4n) is 7.34. The van der Waals surface area contributed by atoms with Gasteiger partial charge in [-0.25, -0.2) is 0 Å². The summed E-state index contributed by atoms with van der Waals surface area (Å²) in [6, 6.07) is 5.28. The summed E-state index contributed by atoms with van der Waals surface area (Å²) < 4.78 is 30.4. The third kappa shape index (κ3) is 5.18. The Morgan fingerprint density at radius 2 is 1.21 bits per heavy atom. The van der Waals surface area contributed by atoms with Gasteiger partial charge in [0.2, 0.25) is 22.8 Å². The molecule has 8 atom stereocenters. The molecule has 1 aromatic heterocycles. The van der Waals surface area contributed by atoms with Crippen LogP contribution in [-0.2, 0) is 14.2 Å². The van der Waals surface area contributed by atoms with E-state index in [1.807, 2.05) is 0 Å². The minimum atomic E-state index is -2.91. The van der Waals surface area contributed by atoms with Crippen molar-refractivity contribution in [1.29, 1.82) is 0 Å². The van der Waals surface area contributed by atoms with Crippen LogP contribution >= 0.6 is 0 Å². The fraction of sp³-hybridized carbons (Fsp3) is 0.595. The number of aliphatic hydroxyl groups is 6. The molecule has 0 aliphatic carbocycles. The van der Waals surface area contributed by atoms with Gasteiger partial charge in [-0.15, -0.1) is 0 Å². The van der Waals surface area contributed by atoms with Crippen LogP contribution in [0, 0.1) is 5.41 Å². The van der Waals surface area contributed by atoms with E-state index in [2.05, 4.69) is 0 Å². The maximum absolute atomic E-state index is 14.2. The second-order valence-corrected chi connectivity index (χ2v) is 16.4. The van der Waals surface area contributed by atoms with Gasteiger partial charge >= 0.3 is 0 Å². The molecule has 0 saturated carbocycles. The molecule has 10 N–H and O–H groups in total. The smallest absolute Gasteiger partial charge is 0.240 e. The summed E-state index contributed by atoms with van der Waals surface area (Å²) in [7, 11) is 0. The number of fused-ring (bicyclic) bond motifs is 1. The highest BCUT2D eigenvalue weighted by Gasteiger charge is 2.77. The number of benzene rings is 2. The Hall–Kier alpha value is -3.71. The van der Waals surface area contributed by atoms with Gasteiger partial charge in [-0.3, -0.25) is 4.79 Å². The third-order valence-corrected chi connectivity index (χ3v) is 12.8. The maximum atomic E-state index is 14.2. The zero-order valence-corrected chi connectivity index (χ0v) is 31.5. The first-order valence-corrected chi connectivity index (χ1v) is 16.8. The van der Waals surface area contributed by atoms with Gasteiger partial charge in [0, 0.05) is 30.0 Å². The van der Waals surface area contributed by atoms with Crippen LogP contribution in [0.1, 0.15) is 76.2 Å². The number of aromatic hydroxyl groups is 4. The molecule has 2 saturated heterocycles. The van der Waals surface area contributed by atoms with Crippen LogP contribution < -0.4 is 10.2 Å². The van der Waals surface area contributed by atoms with Crippen molar-refractivity contribution in [3.05, 3.63) is 40.6 Å². The van der Waals surface area contributed by atoms with Crippen molar-refractivity contribution >= 4 is 11.0 Å². The Morgan fingerprint density at radius 3 is 1.77 bits per heavy atom. The van der Waals surface area contributed by atoms with Crippen LogP contribution in [0.5, 0.6) is 28.7 Å². The van der Waals surface area contributed by atoms with E-state index in [-0.39, 0.29) is 11.1 Å². The van der Waals surface area contributed by atoms with Gasteiger partial charge in [-0.05, 0) is 73.6 Å². The van der Waals surface area contributed by atoms with Gasteiger partial charge in [-0.2, -0.15) is 0 Å². The molecule has 2 aliphatic rings. The van der Waals surface area contributed by atoms with Crippen LogP contribution in [0.15, 0.2) is 39.5 Å². The molecule has 0 spiro atoms. The van der Waals surface area contributed by atoms with Gasteiger partial charge in [-0.1, -0.05) is 13.8 Å². The molecule has 0 amide bonds. The fourth-order valence-corrected chi connectivity index (χ4v) is 7.34. The molecule has 53 heavy (non-hydrogen) atoms. The van der Waals surface area contributed by atoms with Crippen LogP contribution in [0.3, 0.4) is 0 Å². The molecule has 0 unspecified atom stereocenters. The minimum absolute atomic E-state index is 0.0591. The number of phenols is 4. The zero-order chi connectivity index (χ0) is 40.6. The van der Waals surface area contributed by atoms with Crippen LogP contribution in [0.2, 0.25) is 0 Å². The monoisotopic (exact) mass is 750 g/mol. The summed E-state index contributed by atoms with van der Waals surface area (Å²) in [4.78, 5) is 14.2. The Balaban J connectivity index is 1.68. The summed E-state index contributed by atoms with van der Waals surface area (Å²) in [5, 5.41) is 112. The van der Waals surface area contributed by atoms with E-state index >= 15 is 0 Å². The summed E-state index contributed by atoms with van der Waals surface area (Å²) in [6.45, 7) is 13.0. The van der Waals surface area contributed by atoms with E-state index in [9.17, 15) is 55.9 Å². The number of hydrogen-bond donors (Lipinski definition) is 10. The van der Waals surface area contributed by atoms with E-state index in [0.29, 0.717) is 0 Å². The Morgan fingerprint density at radius 1 is 0.623 bits per heavy atom. The maximum Gasteiger partial charge on any atom is 0.240 e. The summed E-state index contributed by atoms with van der Waals surface area (Å²) >= 11 is 0. The minimum Gasteiger partial charge on any atom is -0.508 e. The Labute approximate surface area is 305 Å². The van der Waals surface area contributed by atoms with Crippen LogP contribution in [-0.4, -0.2) is 109 Å². The van der Waals surface area contributed by atoms with Crippen molar-refractivity contribution in [2.75, 3.05) is 6.61 Å². The second-order valence-electron chi connectivity index (χ2n) is 16.4. The first-order chi connectivity index (χ1) is 23.7. The molecule has 2 aromatic carbocycles. The standard InChI is InChI=1S/C37H50O16/c1-28(2)30(5,43)36(11,51-27-25(42)24-22(41)15-19(38)16-23(24)50-26(27)18-12-13-20(39)21(40)14-18)53-37(48,31(28,6)44)17-49-35(10)34(9,47)33(8,46)32(7,45)29(3,4)52-35/h12-16,38-41,43-48H,17H2,1-11H3/t30-,31+,32+,33+,34-,35-,36-,37+/m1/s1. The quantitative estimate of drug-likeness (QED) is 0.162. The Bertz CT molecular complexity index is 2020. The van der Waals surface area contributed by atoms with Gasteiger partial charge < -0.3 is 74.4 Å². The van der Waals surface area contributed by atoms with E-state index < -0.39 is 108 Å². The lowest BCUT2D eigenvalue weighted by Gasteiger charge is -2.66. The van der Waals surface area contributed by atoms with Crippen LogP contribution in [0.25, 0.3) is 22.3 Å². The lowest BCUT2D eigenvalue weighted by atomic mass is 9.57. The lowest BCUT2D eigenvalue weighted by molar-refractivity contribution is -0.500. The van der Waals surface area contributed by atoms with Crippen molar-refractivity contribution in [2.45, 2.75) is 127 Å². The lowest BCUT2D eigenvalue weighted by Crippen LogP contribution is -2.85. The highest BCUT2D eigenvalue weighted by molar-refractivity contribution is 5.88. The number of rotatable bonds is 6. The van der Waals surface area contributed by atoms with Crippen molar-refractivity contribution in [3.8, 4) is 40.1 Å². The Kier molecular flexibility index (Phi) is 8.71. The molecule has 2 aliphatic heterocycles. The van der Waals surface area contributed by atoms with Gasteiger partial charge in [0.25, 0.3) is 0 Å². The highest BCUT2D eigenvalue weighted by atomic mass is 16.8. The molecule has 0 bridgehead atoms. The largest absolute Gasteiger partial charge is 0.508 e. The van der Waals surface area contributed by atoms with Gasteiger partial charge in [0.1, 0.15) is 57.1 Å². The molecule has 16 heteroatoms. The second kappa shape index (κ2) is 11.4. The molecule has 0 radical (unpaired) electrons. The van der Waals surface area contributed by atoms with Crippen molar-refractivity contribution < 1.29 is 74.4 Å². The van der Waals surface area contributed by atoms with Crippen molar-refractivity contribution in [3.63, 3.8) is 0 Å². The summed E-state index contributed by atoms with van der Waals surface area (Å²) in [5.74, 6) is -11.2. The first kappa shape index (κ1) is 40.5. The van der Waals surface area contributed by atoms with E-state index in [4.69, 9.17) is 23.4 Å². The average Bonchev–Trinajstić information content (AvgIpc) is 3.00. The van der Waals surface area contributed by atoms with E-state index in [1.54, 1.807) is 0 Å². The zero-order valence-electron chi connectivity index (χ0n) is 31.5. The van der Waals surface area contributed by atoms with Crippen molar-refractivity contribution in [1.82, 2.24) is 0 Å². The molecular formula is C37H50O16. The summed E-state index contributed by atoms with van der Waals surface area (Å²) in [5.41, 5.74) is -16.4. The van der Waals surface area contributed by atoms with Gasteiger partial charge in [0.15, 0.2) is 23.0 Å². The molecule has 5 rings (SSSR count). The van der Waals surface area contributed by atoms with Crippen LogP contribution in [0.4, 0.5) is 0 Å². The topological polar surface area (TPSA) is 269 Å². The number of phenolic OH excluding ortho intramolecular Hbond substituents is 4. The number of hydrogen-bond acceptors (Lipinski definition) is 16. The molecule has 16 nitrogen and oxygen atoms in total. The number of ether oxygens (including phenoxy) is 4. The molecule has 3 aromatic rings. The van der Waals surface area contributed by atoms with E-state index in [0.717, 1.165) is 45.0 Å². The normalized spacial score (nSPS) is 39.6. The van der Waals surface area contributed by atoms with Gasteiger partial charge in [0.05, 0.1) is 5.60 Å². The molecule has 294 valence electrons. The molecule has 3 heterocycles. The third-order valence-electron chi connectivity index (χ3n) is 12.8.